The third-order valence-electron chi connectivity index (χ3n) is 4.78. The average Bonchev–Trinajstić information content (AvgIpc) is 3.17. The number of hydrogen-bond acceptors (Lipinski definition) is 4. The van der Waals surface area contributed by atoms with Crippen molar-refractivity contribution >= 4 is 22.6 Å². The number of nitrogens with one attached hydrogen (secondary N) is 1. The Kier molecular flexibility index (Phi) is 4.99. The van der Waals surface area contributed by atoms with Crippen molar-refractivity contribution in [2.75, 3.05) is 12.4 Å². The molecule has 6 heteroatoms. The molecule has 0 aliphatic heterocycles. The van der Waals surface area contributed by atoms with Crippen LogP contribution in [0.3, 0.4) is 0 Å². The number of benzene rings is 3. The molecule has 6 nitrogen and oxygen atoms in total. The number of carbonyl (C=O) groups is 1. The first-order valence-electron chi connectivity index (χ1n) is 9.46. The van der Waals surface area contributed by atoms with Crippen LogP contribution in [-0.2, 0) is 0 Å². The number of methoxy groups -OCH3 is 1. The van der Waals surface area contributed by atoms with Crippen molar-refractivity contribution in [2.45, 2.75) is 19.8 Å². The second-order valence-corrected chi connectivity index (χ2v) is 7.12. The summed E-state index contributed by atoms with van der Waals surface area (Å²) in [7, 11) is 1.59. The molecule has 0 unspecified atom stereocenters. The fraction of sp³-hybridized carbons (Fsp3) is 0.174. The summed E-state index contributed by atoms with van der Waals surface area (Å²) < 4.78 is 5.12. The highest BCUT2D eigenvalue weighted by Gasteiger charge is 2.10. The smallest absolute Gasteiger partial charge is 0.255 e. The first-order chi connectivity index (χ1) is 14.0. The van der Waals surface area contributed by atoms with Crippen molar-refractivity contribution in [1.29, 1.82) is 0 Å². The topological polar surface area (TPSA) is 69.0 Å². The number of anilines is 1. The van der Waals surface area contributed by atoms with Crippen molar-refractivity contribution in [3.63, 3.8) is 0 Å². The van der Waals surface area contributed by atoms with Crippen molar-refractivity contribution in [3.8, 4) is 11.4 Å². The van der Waals surface area contributed by atoms with Gasteiger partial charge in [-0.1, -0.05) is 26.0 Å². The van der Waals surface area contributed by atoms with Crippen LogP contribution in [0, 0.1) is 0 Å². The summed E-state index contributed by atoms with van der Waals surface area (Å²) >= 11 is 0. The van der Waals surface area contributed by atoms with Crippen molar-refractivity contribution < 1.29 is 9.53 Å². The lowest BCUT2D eigenvalue weighted by Crippen LogP contribution is -2.11. The van der Waals surface area contributed by atoms with E-state index in [-0.39, 0.29) is 5.91 Å². The summed E-state index contributed by atoms with van der Waals surface area (Å²) in [6, 6.07) is 20.7. The van der Waals surface area contributed by atoms with Gasteiger partial charge in [0.05, 0.1) is 12.8 Å². The van der Waals surface area contributed by atoms with Crippen molar-refractivity contribution in [1.82, 2.24) is 15.0 Å². The highest BCUT2D eigenvalue weighted by Crippen LogP contribution is 2.20. The van der Waals surface area contributed by atoms with Crippen molar-refractivity contribution in [2.24, 2.45) is 0 Å². The fourth-order valence-corrected chi connectivity index (χ4v) is 3.05. The van der Waals surface area contributed by atoms with Gasteiger partial charge in [0.15, 0.2) is 0 Å². The van der Waals surface area contributed by atoms with E-state index in [0.717, 1.165) is 11.2 Å². The minimum Gasteiger partial charge on any atom is -0.497 e. The number of hydrogen-bond donors (Lipinski definition) is 1. The van der Waals surface area contributed by atoms with Gasteiger partial charge in [0.1, 0.15) is 16.8 Å². The third-order valence-corrected chi connectivity index (χ3v) is 4.78. The molecule has 4 aromatic rings. The van der Waals surface area contributed by atoms with Gasteiger partial charge in [0.2, 0.25) is 0 Å². The number of amides is 1. The summed E-state index contributed by atoms with van der Waals surface area (Å²) in [6.45, 7) is 4.33. The van der Waals surface area contributed by atoms with Gasteiger partial charge < -0.3 is 10.1 Å². The molecule has 1 N–H and O–H groups in total. The van der Waals surface area contributed by atoms with Crippen LogP contribution >= 0.6 is 0 Å². The largest absolute Gasteiger partial charge is 0.497 e. The summed E-state index contributed by atoms with van der Waals surface area (Å²) in [5, 5.41) is 12.0. The Morgan fingerprint density at radius 1 is 0.931 bits per heavy atom. The van der Waals surface area contributed by atoms with E-state index < -0.39 is 0 Å². The molecule has 1 aromatic heterocycles. The maximum Gasteiger partial charge on any atom is 0.255 e. The van der Waals surface area contributed by atoms with Gasteiger partial charge in [-0.15, -0.1) is 10.2 Å². The zero-order chi connectivity index (χ0) is 20.4. The lowest BCUT2D eigenvalue weighted by atomic mass is 10.0. The maximum atomic E-state index is 12.5. The average molecular weight is 386 g/mol. The summed E-state index contributed by atoms with van der Waals surface area (Å²) in [5.74, 6) is 0.996. The predicted octanol–water partition coefficient (Wildman–Crippen LogP) is 4.80. The van der Waals surface area contributed by atoms with Crippen LogP contribution < -0.4 is 10.1 Å². The van der Waals surface area contributed by atoms with Gasteiger partial charge >= 0.3 is 0 Å². The highest BCUT2D eigenvalue weighted by molar-refractivity contribution is 6.05. The second-order valence-electron chi connectivity index (χ2n) is 7.12. The molecule has 0 saturated heterocycles. The van der Waals surface area contributed by atoms with E-state index in [9.17, 15) is 4.79 Å². The highest BCUT2D eigenvalue weighted by atomic mass is 16.5. The zero-order valence-electron chi connectivity index (χ0n) is 16.6. The van der Waals surface area contributed by atoms with Gasteiger partial charge in [0, 0.05) is 11.3 Å². The standard InChI is InChI=1S/C23H22N4O2/c1-15(2)16-4-9-19(10-5-16)27-25-21-13-8-18(14-22(21)26-27)24-23(28)17-6-11-20(29-3)12-7-17/h4-15H,1-3H3,(H,24,28). The lowest BCUT2D eigenvalue weighted by molar-refractivity contribution is 0.102. The van der Waals surface area contributed by atoms with Gasteiger partial charge in [-0.05, 0) is 66.1 Å². The number of carbonyl (C=O) groups excluding carboxylic acids is 1. The first kappa shape index (κ1) is 18.7. The van der Waals surface area contributed by atoms with Gasteiger partial charge in [0.25, 0.3) is 5.91 Å². The fourth-order valence-electron chi connectivity index (χ4n) is 3.05. The minimum absolute atomic E-state index is 0.191. The Balaban J connectivity index is 1.55. The van der Waals surface area contributed by atoms with Crippen LogP contribution in [0.25, 0.3) is 16.7 Å². The molecular weight excluding hydrogens is 364 g/mol. The molecule has 0 atom stereocenters. The van der Waals surface area contributed by atoms with E-state index in [1.807, 2.05) is 30.3 Å². The van der Waals surface area contributed by atoms with E-state index in [0.29, 0.717) is 28.4 Å². The molecule has 29 heavy (non-hydrogen) atoms. The summed E-state index contributed by atoms with van der Waals surface area (Å²) in [6.07, 6.45) is 0. The Bertz CT molecular complexity index is 1150. The molecule has 0 bridgehead atoms. The second kappa shape index (κ2) is 7.75. The summed E-state index contributed by atoms with van der Waals surface area (Å²) in [5.41, 5.74) is 4.87. The van der Waals surface area contributed by atoms with Gasteiger partial charge in [-0.2, -0.15) is 4.80 Å². The SMILES string of the molecule is COc1ccc(C(=O)Nc2ccc3nn(-c4ccc(C(C)C)cc4)nc3c2)cc1. The Morgan fingerprint density at radius 3 is 2.28 bits per heavy atom. The third kappa shape index (κ3) is 3.96. The molecule has 0 aliphatic rings. The number of ether oxygens (including phenoxy) is 1. The molecule has 1 heterocycles. The monoisotopic (exact) mass is 386 g/mol. The maximum absolute atomic E-state index is 12.5. The number of fused-ring (bicyclic) bond motifs is 1. The molecule has 0 spiro atoms. The van der Waals surface area contributed by atoms with Crippen molar-refractivity contribution in [3.05, 3.63) is 77.9 Å². The van der Waals surface area contributed by atoms with E-state index in [1.165, 1.54) is 5.56 Å². The zero-order valence-corrected chi connectivity index (χ0v) is 16.6. The molecule has 3 aromatic carbocycles. The van der Waals surface area contributed by atoms with Crippen LogP contribution in [0.1, 0.15) is 35.7 Å². The molecule has 0 fully saturated rings. The van der Waals surface area contributed by atoms with E-state index >= 15 is 0 Å². The van der Waals surface area contributed by atoms with Crippen LogP contribution in [-0.4, -0.2) is 28.0 Å². The number of aromatic nitrogens is 3. The Morgan fingerprint density at radius 2 is 1.62 bits per heavy atom. The first-order valence-corrected chi connectivity index (χ1v) is 9.46. The minimum atomic E-state index is -0.191. The Hall–Kier alpha value is -3.67. The lowest BCUT2D eigenvalue weighted by Gasteiger charge is -2.06. The van der Waals surface area contributed by atoms with Crippen LogP contribution in [0.2, 0.25) is 0 Å². The molecule has 1 amide bonds. The molecule has 146 valence electrons. The van der Waals surface area contributed by atoms with Crippen LogP contribution in [0.5, 0.6) is 5.75 Å². The molecule has 4 rings (SSSR count). The van der Waals surface area contributed by atoms with E-state index in [4.69, 9.17) is 4.74 Å². The van der Waals surface area contributed by atoms with E-state index in [2.05, 4.69) is 41.5 Å². The molecular formula is C23H22N4O2. The molecule has 0 radical (unpaired) electrons. The summed E-state index contributed by atoms with van der Waals surface area (Å²) in [4.78, 5) is 14.1. The molecule has 0 saturated carbocycles. The number of nitrogens with zero attached hydrogens (tertiary/aromatic N) is 3. The van der Waals surface area contributed by atoms with Crippen LogP contribution in [0.15, 0.2) is 66.7 Å². The quantitative estimate of drug-likeness (QED) is 0.535. The van der Waals surface area contributed by atoms with Gasteiger partial charge in [-0.3, -0.25) is 4.79 Å². The molecule has 0 aliphatic carbocycles. The normalized spacial score (nSPS) is 11.0. The predicted molar refractivity (Wildman–Crippen MR) is 114 cm³/mol. The van der Waals surface area contributed by atoms with E-state index in [1.54, 1.807) is 36.2 Å². The number of rotatable bonds is 5. The Labute approximate surface area is 169 Å². The van der Waals surface area contributed by atoms with Crippen LogP contribution in [0.4, 0.5) is 5.69 Å². The van der Waals surface area contributed by atoms with Gasteiger partial charge in [-0.25, -0.2) is 0 Å².